The SMILES string of the molecule is O=C(CCC(O)c1ccccc1Cl)OC1CC1. The van der Waals surface area contributed by atoms with Gasteiger partial charge >= 0.3 is 5.97 Å². The molecular formula is C13H15ClO3. The van der Waals surface area contributed by atoms with Crippen molar-refractivity contribution < 1.29 is 14.6 Å². The van der Waals surface area contributed by atoms with E-state index < -0.39 is 6.10 Å². The lowest BCUT2D eigenvalue weighted by molar-refractivity contribution is -0.145. The fourth-order valence-corrected chi connectivity index (χ4v) is 1.85. The number of rotatable bonds is 5. The van der Waals surface area contributed by atoms with Crippen LogP contribution in [0, 0.1) is 0 Å². The van der Waals surface area contributed by atoms with Gasteiger partial charge < -0.3 is 9.84 Å². The Balaban J connectivity index is 1.82. The van der Waals surface area contributed by atoms with Crippen LogP contribution in [0.5, 0.6) is 0 Å². The third-order valence-corrected chi connectivity index (χ3v) is 3.05. The fraction of sp³-hybridized carbons (Fsp3) is 0.462. The third-order valence-electron chi connectivity index (χ3n) is 2.71. The van der Waals surface area contributed by atoms with E-state index in [2.05, 4.69) is 0 Å². The second kappa shape index (κ2) is 5.52. The van der Waals surface area contributed by atoms with Gasteiger partial charge in [-0.05, 0) is 30.9 Å². The van der Waals surface area contributed by atoms with Gasteiger partial charge in [0.25, 0.3) is 0 Å². The normalized spacial score (nSPS) is 16.6. The maximum Gasteiger partial charge on any atom is 0.306 e. The standard InChI is InChI=1S/C13H15ClO3/c14-11-4-2-1-3-10(11)12(15)7-8-13(16)17-9-5-6-9/h1-4,9,12,15H,5-8H2. The Hall–Kier alpha value is -1.06. The van der Waals surface area contributed by atoms with Gasteiger partial charge in [-0.1, -0.05) is 29.8 Å². The number of aliphatic hydroxyl groups excluding tert-OH is 1. The Morgan fingerprint density at radius 2 is 2.18 bits per heavy atom. The van der Waals surface area contributed by atoms with E-state index in [-0.39, 0.29) is 18.5 Å². The van der Waals surface area contributed by atoms with E-state index in [0.29, 0.717) is 17.0 Å². The number of carbonyl (C=O) groups is 1. The van der Waals surface area contributed by atoms with Crippen LogP contribution >= 0.6 is 11.6 Å². The maximum atomic E-state index is 11.3. The molecule has 1 aliphatic rings. The van der Waals surface area contributed by atoms with E-state index in [1.165, 1.54) is 0 Å². The number of ether oxygens (including phenoxy) is 1. The smallest absolute Gasteiger partial charge is 0.306 e. The first-order valence-electron chi connectivity index (χ1n) is 5.79. The number of halogens is 1. The zero-order valence-corrected chi connectivity index (χ0v) is 10.2. The van der Waals surface area contributed by atoms with Crippen LogP contribution in [0.2, 0.25) is 5.02 Å². The Labute approximate surface area is 105 Å². The van der Waals surface area contributed by atoms with E-state index in [1.807, 2.05) is 6.07 Å². The quantitative estimate of drug-likeness (QED) is 0.822. The highest BCUT2D eigenvalue weighted by molar-refractivity contribution is 6.31. The van der Waals surface area contributed by atoms with Crippen molar-refractivity contribution >= 4 is 17.6 Å². The molecule has 2 rings (SSSR count). The molecule has 1 aromatic carbocycles. The molecule has 1 unspecified atom stereocenters. The second-order valence-corrected chi connectivity index (χ2v) is 4.67. The van der Waals surface area contributed by atoms with Gasteiger partial charge in [-0.2, -0.15) is 0 Å². The molecule has 0 amide bonds. The van der Waals surface area contributed by atoms with Crippen molar-refractivity contribution in [2.24, 2.45) is 0 Å². The number of benzene rings is 1. The van der Waals surface area contributed by atoms with Crippen LogP contribution in [0.25, 0.3) is 0 Å². The van der Waals surface area contributed by atoms with Crippen molar-refractivity contribution in [3.63, 3.8) is 0 Å². The van der Waals surface area contributed by atoms with Gasteiger partial charge in [0, 0.05) is 11.4 Å². The van der Waals surface area contributed by atoms with E-state index in [4.69, 9.17) is 16.3 Å². The van der Waals surface area contributed by atoms with E-state index in [1.54, 1.807) is 18.2 Å². The molecule has 0 heterocycles. The molecular weight excluding hydrogens is 240 g/mol. The summed E-state index contributed by atoms with van der Waals surface area (Å²) in [5.74, 6) is -0.237. The summed E-state index contributed by atoms with van der Waals surface area (Å²) in [5, 5.41) is 10.4. The molecule has 0 aliphatic heterocycles. The lowest BCUT2D eigenvalue weighted by atomic mass is 10.1. The van der Waals surface area contributed by atoms with Crippen LogP contribution in [0.3, 0.4) is 0 Å². The van der Waals surface area contributed by atoms with Crippen LogP contribution in [-0.4, -0.2) is 17.2 Å². The summed E-state index contributed by atoms with van der Waals surface area (Å²) in [5.41, 5.74) is 0.661. The van der Waals surface area contributed by atoms with Crippen molar-refractivity contribution in [3.8, 4) is 0 Å². The van der Waals surface area contributed by atoms with Gasteiger partial charge in [-0.3, -0.25) is 4.79 Å². The lowest BCUT2D eigenvalue weighted by Crippen LogP contribution is -2.08. The molecule has 0 saturated heterocycles. The van der Waals surface area contributed by atoms with E-state index >= 15 is 0 Å². The molecule has 1 N–H and O–H groups in total. The molecule has 3 nitrogen and oxygen atoms in total. The second-order valence-electron chi connectivity index (χ2n) is 4.27. The Bertz CT molecular complexity index is 401. The average molecular weight is 255 g/mol. The number of carbonyl (C=O) groups excluding carboxylic acids is 1. The topological polar surface area (TPSA) is 46.5 Å². The maximum absolute atomic E-state index is 11.3. The molecule has 1 aliphatic carbocycles. The van der Waals surface area contributed by atoms with E-state index in [9.17, 15) is 9.90 Å². The number of hydrogen-bond acceptors (Lipinski definition) is 3. The van der Waals surface area contributed by atoms with Crippen LogP contribution in [0.1, 0.15) is 37.4 Å². The van der Waals surface area contributed by atoms with Gasteiger partial charge in [-0.15, -0.1) is 0 Å². The summed E-state index contributed by atoms with van der Waals surface area (Å²) >= 11 is 5.95. The van der Waals surface area contributed by atoms with Crippen LogP contribution in [0.4, 0.5) is 0 Å². The van der Waals surface area contributed by atoms with Gasteiger partial charge in [-0.25, -0.2) is 0 Å². The summed E-state index contributed by atoms with van der Waals surface area (Å²) in [6, 6.07) is 7.11. The zero-order valence-electron chi connectivity index (χ0n) is 9.43. The first-order chi connectivity index (χ1) is 8.16. The highest BCUT2D eigenvalue weighted by Crippen LogP contribution is 2.27. The van der Waals surface area contributed by atoms with Crippen molar-refractivity contribution in [2.75, 3.05) is 0 Å². The highest BCUT2D eigenvalue weighted by atomic mass is 35.5. The van der Waals surface area contributed by atoms with Crippen LogP contribution in [-0.2, 0) is 9.53 Å². The molecule has 92 valence electrons. The van der Waals surface area contributed by atoms with E-state index in [0.717, 1.165) is 12.8 Å². The van der Waals surface area contributed by atoms with Crippen LogP contribution < -0.4 is 0 Å². The minimum Gasteiger partial charge on any atom is -0.462 e. The molecule has 1 fully saturated rings. The summed E-state index contributed by atoms with van der Waals surface area (Å²) < 4.78 is 5.09. The Kier molecular flexibility index (Phi) is 4.02. The predicted octanol–water partition coefficient (Wildman–Crippen LogP) is 2.86. The monoisotopic (exact) mass is 254 g/mol. The molecule has 0 bridgehead atoms. The minimum absolute atomic E-state index is 0.125. The van der Waals surface area contributed by atoms with Crippen LogP contribution in [0.15, 0.2) is 24.3 Å². The molecule has 4 heteroatoms. The minimum atomic E-state index is -0.713. The molecule has 0 aromatic heterocycles. The summed E-state index contributed by atoms with van der Waals surface area (Å²) in [6.45, 7) is 0. The first-order valence-corrected chi connectivity index (χ1v) is 6.16. The molecule has 1 saturated carbocycles. The molecule has 1 atom stereocenters. The zero-order chi connectivity index (χ0) is 12.3. The van der Waals surface area contributed by atoms with Gasteiger partial charge in [0.15, 0.2) is 0 Å². The Morgan fingerprint density at radius 1 is 1.47 bits per heavy atom. The molecule has 17 heavy (non-hydrogen) atoms. The number of esters is 1. The van der Waals surface area contributed by atoms with Crippen molar-refractivity contribution in [1.29, 1.82) is 0 Å². The lowest BCUT2D eigenvalue weighted by Gasteiger charge is -2.12. The summed E-state index contributed by atoms with van der Waals surface area (Å²) in [7, 11) is 0. The number of hydrogen-bond donors (Lipinski definition) is 1. The molecule has 0 radical (unpaired) electrons. The molecule has 1 aromatic rings. The largest absolute Gasteiger partial charge is 0.462 e. The molecule has 0 spiro atoms. The average Bonchev–Trinajstić information content (AvgIpc) is 3.10. The van der Waals surface area contributed by atoms with Crippen molar-refractivity contribution in [3.05, 3.63) is 34.9 Å². The summed E-state index contributed by atoms with van der Waals surface area (Å²) in [6.07, 6.45) is 1.92. The van der Waals surface area contributed by atoms with Gasteiger partial charge in [0.1, 0.15) is 6.10 Å². The van der Waals surface area contributed by atoms with Gasteiger partial charge in [0.05, 0.1) is 6.10 Å². The van der Waals surface area contributed by atoms with Gasteiger partial charge in [0.2, 0.25) is 0 Å². The number of aliphatic hydroxyl groups is 1. The summed E-state index contributed by atoms with van der Waals surface area (Å²) in [4.78, 5) is 11.3. The fourth-order valence-electron chi connectivity index (χ4n) is 1.59. The first kappa shape index (κ1) is 12.4. The third kappa shape index (κ3) is 3.72. The van der Waals surface area contributed by atoms with Crippen molar-refractivity contribution in [2.45, 2.75) is 37.9 Å². The van der Waals surface area contributed by atoms with Crippen molar-refractivity contribution in [1.82, 2.24) is 0 Å². The highest BCUT2D eigenvalue weighted by Gasteiger charge is 2.26. The predicted molar refractivity (Wildman–Crippen MR) is 64.8 cm³/mol. The Morgan fingerprint density at radius 3 is 2.82 bits per heavy atom.